The molecule has 0 unspecified atom stereocenters. The molecule has 2 aromatic heterocycles. The zero-order valence-corrected chi connectivity index (χ0v) is 8.46. The van der Waals surface area contributed by atoms with Gasteiger partial charge in [0.05, 0.1) is 6.20 Å². The number of fused-ring (bicyclic) bond motifs is 1. The van der Waals surface area contributed by atoms with E-state index in [1.165, 1.54) is 0 Å². The second-order valence-corrected chi connectivity index (χ2v) is 3.60. The van der Waals surface area contributed by atoms with Gasteiger partial charge < -0.3 is 0 Å². The largest absolute Gasteiger partial charge is 0.221 e. The highest BCUT2D eigenvalue weighted by atomic mass is 79.9. The zero-order valence-electron chi connectivity index (χ0n) is 6.87. The van der Waals surface area contributed by atoms with Gasteiger partial charge >= 0.3 is 0 Å². The van der Waals surface area contributed by atoms with Gasteiger partial charge in [-0.25, -0.2) is 9.50 Å². The monoisotopic (exact) mass is 225 g/mol. The lowest BCUT2D eigenvalue weighted by Crippen LogP contribution is -1.95. The van der Waals surface area contributed by atoms with E-state index in [9.17, 15) is 0 Å². The molecule has 0 bridgehead atoms. The van der Waals surface area contributed by atoms with Crippen molar-refractivity contribution in [3.05, 3.63) is 28.1 Å². The first-order valence-corrected chi connectivity index (χ1v) is 4.45. The predicted molar refractivity (Wildman–Crippen MR) is 50.2 cm³/mol. The molecule has 0 fully saturated rings. The summed E-state index contributed by atoms with van der Waals surface area (Å²) in [4.78, 5) is 4.31. The molecule has 4 heteroatoms. The highest BCUT2D eigenvalue weighted by Gasteiger charge is 2.03. The van der Waals surface area contributed by atoms with E-state index in [1.807, 2.05) is 30.6 Å². The fraction of sp³-hybridized carbons (Fsp3) is 0.250. The molecule has 2 aromatic rings. The van der Waals surface area contributed by atoms with Crippen LogP contribution in [0.5, 0.6) is 0 Å². The van der Waals surface area contributed by atoms with E-state index in [2.05, 4.69) is 26.0 Å². The molecular formula is C8H8BrN3. The fourth-order valence-corrected chi connectivity index (χ4v) is 1.68. The molecule has 3 nitrogen and oxygen atoms in total. The van der Waals surface area contributed by atoms with E-state index in [0.717, 1.165) is 21.5 Å². The molecule has 62 valence electrons. The third-order valence-electron chi connectivity index (χ3n) is 1.79. The number of hydrogen-bond acceptors (Lipinski definition) is 2. The normalized spacial score (nSPS) is 10.9. The molecule has 0 atom stereocenters. The molecule has 0 saturated heterocycles. The number of nitrogens with zero attached hydrogens (tertiary/aromatic N) is 3. The van der Waals surface area contributed by atoms with Gasteiger partial charge in [-0.15, -0.1) is 0 Å². The molecular weight excluding hydrogens is 218 g/mol. The summed E-state index contributed by atoms with van der Waals surface area (Å²) in [6.45, 7) is 4.01. The lowest BCUT2D eigenvalue weighted by atomic mass is 10.4. The van der Waals surface area contributed by atoms with Crippen molar-refractivity contribution in [2.45, 2.75) is 13.8 Å². The van der Waals surface area contributed by atoms with Gasteiger partial charge in [0.15, 0.2) is 5.65 Å². The second-order valence-electron chi connectivity index (χ2n) is 2.78. The fourth-order valence-electron chi connectivity index (χ4n) is 1.18. The molecule has 0 saturated carbocycles. The van der Waals surface area contributed by atoms with Crippen LogP contribution < -0.4 is 0 Å². The van der Waals surface area contributed by atoms with Gasteiger partial charge in [0, 0.05) is 11.3 Å². The van der Waals surface area contributed by atoms with Crippen molar-refractivity contribution in [2.24, 2.45) is 0 Å². The molecule has 0 aliphatic carbocycles. The standard InChI is InChI=1S/C8H8BrN3/c1-5-4-10-12-6(2)3-7(9)11-8(5)12/h3-4H,1-2H3. The van der Waals surface area contributed by atoms with Gasteiger partial charge in [0.1, 0.15) is 4.60 Å². The van der Waals surface area contributed by atoms with Crippen molar-refractivity contribution in [3.8, 4) is 0 Å². The van der Waals surface area contributed by atoms with Crippen molar-refractivity contribution in [2.75, 3.05) is 0 Å². The van der Waals surface area contributed by atoms with Crippen LogP contribution in [0.15, 0.2) is 16.9 Å². The quantitative estimate of drug-likeness (QED) is 0.644. The van der Waals surface area contributed by atoms with Crippen molar-refractivity contribution >= 4 is 21.6 Å². The molecule has 0 spiro atoms. The Bertz CT molecular complexity index is 433. The molecule has 2 rings (SSSR count). The van der Waals surface area contributed by atoms with Crippen LogP contribution in [0.4, 0.5) is 0 Å². The average molecular weight is 226 g/mol. The lowest BCUT2D eigenvalue weighted by molar-refractivity contribution is 0.890. The Hall–Kier alpha value is -0.900. The van der Waals surface area contributed by atoms with Crippen LogP contribution >= 0.6 is 15.9 Å². The number of aryl methyl sites for hydroxylation is 2. The molecule has 0 N–H and O–H groups in total. The van der Waals surface area contributed by atoms with Crippen LogP contribution in [-0.2, 0) is 0 Å². The SMILES string of the molecule is Cc1cnn2c(C)cc(Br)nc12. The predicted octanol–water partition coefficient (Wildman–Crippen LogP) is 2.11. The Morgan fingerprint density at radius 1 is 1.42 bits per heavy atom. The van der Waals surface area contributed by atoms with Crippen LogP contribution in [0.25, 0.3) is 5.65 Å². The maximum atomic E-state index is 4.31. The van der Waals surface area contributed by atoms with Crippen molar-refractivity contribution in [1.82, 2.24) is 14.6 Å². The van der Waals surface area contributed by atoms with Crippen LogP contribution in [0.1, 0.15) is 11.3 Å². The highest BCUT2D eigenvalue weighted by molar-refractivity contribution is 9.10. The second kappa shape index (κ2) is 2.55. The Balaban J connectivity index is 2.92. The number of halogens is 1. The summed E-state index contributed by atoms with van der Waals surface area (Å²) in [6, 6.07) is 1.94. The Kier molecular flexibility index (Phi) is 1.65. The first-order valence-electron chi connectivity index (χ1n) is 3.66. The molecule has 0 aromatic carbocycles. The first-order chi connectivity index (χ1) is 5.68. The maximum absolute atomic E-state index is 4.31. The maximum Gasteiger partial charge on any atom is 0.159 e. The van der Waals surface area contributed by atoms with Gasteiger partial charge in [0.25, 0.3) is 0 Å². The van der Waals surface area contributed by atoms with Crippen LogP contribution in [0.3, 0.4) is 0 Å². The third kappa shape index (κ3) is 1.03. The minimum absolute atomic E-state index is 0.858. The van der Waals surface area contributed by atoms with E-state index >= 15 is 0 Å². The van der Waals surface area contributed by atoms with E-state index in [1.54, 1.807) is 0 Å². The third-order valence-corrected chi connectivity index (χ3v) is 2.20. The smallest absolute Gasteiger partial charge is 0.159 e. The molecule has 0 amide bonds. The average Bonchev–Trinajstić information content (AvgIpc) is 2.33. The van der Waals surface area contributed by atoms with Crippen molar-refractivity contribution in [3.63, 3.8) is 0 Å². The van der Waals surface area contributed by atoms with Crippen molar-refractivity contribution in [1.29, 1.82) is 0 Å². The summed E-state index contributed by atoms with van der Waals surface area (Å²) in [7, 11) is 0. The lowest BCUT2D eigenvalue weighted by Gasteiger charge is -1.98. The van der Waals surface area contributed by atoms with Gasteiger partial charge in [0.2, 0.25) is 0 Å². The molecule has 12 heavy (non-hydrogen) atoms. The van der Waals surface area contributed by atoms with E-state index in [-0.39, 0.29) is 0 Å². The summed E-state index contributed by atoms with van der Waals surface area (Å²) in [6.07, 6.45) is 1.82. The molecule has 0 radical (unpaired) electrons. The van der Waals surface area contributed by atoms with Gasteiger partial charge in [-0.2, -0.15) is 5.10 Å². The van der Waals surface area contributed by atoms with Crippen LogP contribution in [0, 0.1) is 13.8 Å². The number of hydrogen-bond donors (Lipinski definition) is 0. The van der Waals surface area contributed by atoms with Gasteiger partial charge in [-0.05, 0) is 35.8 Å². The highest BCUT2D eigenvalue weighted by Crippen LogP contribution is 2.14. The topological polar surface area (TPSA) is 30.2 Å². The summed E-state index contributed by atoms with van der Waals surface area (Å²) in [5.41, 5.74) is 3.10. The van der Waals surface area contributed by atoms with E-state index in [0.29, 0.717) is 0 Å². The summed E-state index contributed by atoms with van der Waals surface area (Å²) in [5.74, 6) is 0. The Morgan fingerprint density at radius 2 is 2.17 bits per heavy atom. The van der Waals surface area contributed by atoms with Gasteiger partial charge in [-0.3, -0.25) is 0 Å². The van der Waals surface area contributed by atoms with Gasteiger partial charge in [-0.1, -0.05) is 0 Å². The number of aromatic nitrogens is 3. The van der Waals surface area contributed by atoms with Crippen molar-refractivity contribution < 1.29 is 0 Å². The molecule has 0 aliphatic heterocycles. The Morgan fingerprint density at radius 3 is 2.92 bits per heavy atom. The minimum atomic E-state index is 0.858. The zero-order chi connectivity index (χ0) is 8.72. The summed E-state index contributed by atoms with van der Waals surface area (Å²) in [5, 5.41) is 4.19. The number of rotatable bonds is 0. The van der Waals surface area contributed by atoms with E-state index in [4.69, 9.17) is 0 Å². The Labute approximate surface area is 78.6 Å². The van der Waals surface area contributed by atoms with E-state index < -0.39 is 0 Å². The molecule has 0 aliphatic rings. The molecule has 2 heterocycles. The summed E-state index contributed by atoms with van der Waals surface area (Å²) >= 11 is 3.35. The van der Waals surface area contributed by atoms with Crippen LogP contribution in [0.2, 0.25) is 0 Å². The summed E-state index contributed by atoms with van der Waals surface area (Å²) < 4.78 is 2.69. The minimum Gasteiger partial charge on any atom is -0.221 e. The van der Waals surface area contributed by atoms with Crippen LogP contribution in [-0.4, -0.2) is 14.6 Å². The first kappa shape index (κ1) is 7.73.